The minimum atomic E-state index is -0.105. The number of hydrogen-bond donors (Lipinski definition) is 1. The average Bonchev–Trinajstić information content (AvgIpc) is 2.70. The van der Waals surface area contributed by atoms with Crippen molar-refractivity contribution < 1.29 is 9.90 Å². The van der Waals surface area contributed by atoms with Crippen LogP contribution in [-0.4, -0.2) is 17.0 Å². The van der Waals surface area contributed by atoms with Crippen LogP contribution in [0.25, 0.3) is 0 Å². The van der Waals surface area contributed by atoms with Gasteiger partial charge in [0.15, 0.2) is 5.78 Å². The minimum Gasteiger partial charge on any atom is -0.393 e. The quantitative estimate of drug-likeness (QED) is 0.730. The van der Waals surface area contributed by atoms with Crippen LogP contribution in [0.5, 0.6) is 0 Å². The predicted octanol–water partition coefficient (Wildman–Crippen LogP) is 4.13. The van der Waals surface area contributed by atoms with E-state index in [1.54, 1.807) is 0 Å². The summed E-state index contributed by atoms with van der Waals surface area (Å²) in [5.74, 6) is 3.15. The molecule has 0 bridgehead atoms. The fraction of sp³-hybridized carbons (Fsp3) is 0.850. The molecule has 3 saturated carbocycles. The first-order valence-electron chi connectivity index (χ1n) is 9.28. The SMILES string of the molecule is C[C@@H]1C[C@H](O)[C@@]2(C)CC[C@H]3[C@@H](CCC4=CC(=O)CC[C@@]43C)[C@H]12. The summed E-state index contributed by atoms with van der Waals surface area (Å²) in [5.41, 5.74) is 1.84. The Hall–Kier alpha value is -0.630. The Labute approximate surface area is 134 Å². The van der Waals surface area contributed by atoms with Gasteiger partial charge in [-0.1, -0.05) is 26.3 Å². The number of carbonyl (C=O) groups excluding carboxylic acids is 1. The summed E-state index contributed by atoms with van der Waals surface area (Å²) < 4.78 is 0. The Balaban J connectivity index is 1.71. The molecule has 0 radical (unpaired) electrons. The van der Waals surface area contributed by atoms with E-state index in [1.807, 2.05) is 6.08 Å². The molecule has 0 unspecified atom stereocenters. The molecule has 0 spiro atoms. The van der Waals surface area contributed by atoms with Crippen molar-refractivity contribution in [3.8, 4) is 0 Å². The number of fused-ring (bicyclic) bond motifs is 5. The van der Waals surface area contributed by atoms with E-state index in [0.717, 1.165) is 37.5 Å². The molecule has 3 fully saturated rings. The Bertz CT molecular complexity index is 536. The lowest BCUT2D eigenvalue weighted by Crippen LogP contribution is -2.52. The maximum Gasteiger partial charge on any atom is 0.155 e. The van der Waals surface area contributed by atoms with Crippen LogP contribution < -0.4 is 0 Å². The maximum absolute atomic E-state index is 11.8. The molecule has 4 rings (SSSR count). The highest BCUT2D eigenvalue weighted by molar-refractivity contribution is 5.91. The van der Waals surface area contributed by atoms with Gasteiger partial charge in [-0.15, -0.1) is 0 Å². The summed E-state index contributed by atoms with van der Waals surface area (Å²) in [6.45, 7) is 7.14. The van der Waals surface area contributed by atoms with Gasteiger partial charge >= 0.3 is 0 Å². The largest absolute Gasteiger partial charge is 0.393 e. The van der Waals surface area contributed by atoms with Crippen LogP contribution in [0, 0.1) is 34.5 Å². The van der Waals surface area contributed by atoms with Crippen molar-refractivity contribution >= 4 is 5.78 Å². The van der Waals surface area contributed by atoms with E-state index in [0.29, 0.717) is 17.6 Å². The average molecular weight is 302 g/mol. The first-order valence-corrected chi connectivity index (χ1v) is 9.28. The molecule has 4 aliphatic carbocycles. The van der Waals surface area contributed by atoms with Gasteiger partial charge in [0.1, 0.15) is 0 Å². The van der Waals surface area contributed by atoms with Crippen molar-refractivity contribution in [3.05, 3.63) is 11.6 Å². The Morgan fingerprint density at radius 1 is 1.18 bits per heavy atom. The van der Waals surface area contributed by atoms with Crippen LogP contribution in [-0.2, 0) is 4.79 Å². The van der Waals surface area contributed by atoms with E-state index >= 15 is 0 Å². The molecular weight excluding hydrogens is 272 g/mol. The van der Waals surface area contributed by atoms with E-state index in [9.17, 15) is 9.90 Å². The number of aliphatic hydroxyl groups excluding tert-OH is 1. The Kier molecular flexibility index (Phi) is 3.18. The van der Waals surface area contributed by atoms with Crippen LogP contribution in [0.1, 0.15) is 65.7 Å². The van der Waals surface area contributed by atoms with Crippen LogP contribution in [0.15, 0.2) is 11.6 Å². The molecule has 0 aromatic rings. The fourth-order valence-corrected chi connectivity index (χ4v) is 7.07. The van der Waals surface area contributed by atoms with Crippen molar-refractivity contribution in [3.63, 3.8) is 0 Å². The van der Waals surface area contributed by atoms with Crippen molar-refractivity contribution in [1.29, 1.82) is 0 Å². The summed E-state index contributed by atoms with van der Waals surface area (Å²) in [6, 6.07) is 0. The monoisotopic (exact) mass is 302 g/mol. The summed E-state index contributed by atoms with van der Waals surface area (Å²) in [6.07, 6.45) is 9.41. The number of allylic oxidation sites excluding steroid dienone is 1. The van der Waals surface area contributed by atoms with Crippen molar-refractivity contribution in [1.82, 2.24) is 0 Å². The second-order valence-electron chi connectivity index (χ2n) is 9.16. The molecular formula is C20H30O2. The van der Waals surface area contributed by atoms with E-state index in [-0.39, 0.29) is 16.9 Å². The van der Waals surface area contributed by atoms with Gasteiger partial charge in [0.05, 0.1) is 6.10 Å². The summed E-state index contributed by atoms with van der Waals surface area (Å²) in [4.78, 5) is 11.8. The molecule has 4 aliphatic rings. The maximum atomic E-state index is 11.8. The van der Waals surface area contributed by atoms with Crippen LogP contribution in [0.4, 0.5) is 0 Å². The summed E-state index contributed by atoms with van der Waals surface area (Å²) in [7, 11) is 0. The van der Waals surface area contributed by atoms with E-state index < -0.39 is 0 Å². The van der Waals surface area contributed by atoms with Gasteiger partial charge < -0.3 is 5.11 Å². The molecule has 22 heavy (non-hydrogen) atoms. The van der Waals surface area contributed by atoms with Crippen LogP contribution in [0.3, 0.4) is 0 Å². The molecule has 0 amide bonds. The standard InChI is InChI=1S/C20H30O2/c1-12-10-17(22)20(3)9-7-16-15(18(12)20)5-4-13-11-14(21)6-8-19(13,16)2/h11-12,15-18,22H,4-10H2,1-3H3/t12-,15-,16+,17+,18+,19+,20-/m1/s1. The molecule has 1 N–H and O–H groups in total. The van der Waals surface area contributed by atoms with Crippen LogP contribution >= 0.6 is 0 Å². The van der Waals surface area contributed by atoms with Crippen molar-refractivity contribution in [2.24, 2.45) is 34.5 Å². The summed E-state index contributed by atoms with van der Waals surface area (Å²) in [5, 5.41) is 10.6. The highest BCUT2D eigenvalue weighted by Crippen LogP contribution is 2.66. The molecule has 0 aliphatic heterocycles. The zero-order valence-electron chi connectivity index (χ0n) is 14.3. The zero-order valence-corrected chi connectivity index (χ0v) is 14.3. The number of hydrogen-bond acceptors (Lipinski definition) is 2. The first kappa shape index (κ1) is 14.9. The Morgan fingerprint density at radius 2 is 1.95 bits per heavy atom. The van der Waals surface area contributed by atoms with Gasteiger partial charge in [0, 0.05) is 6.42 Å². The number of aliphatic hydroxyl groups is 1. The lowest BCUT2D eigenvalue weighted by molar-refractivity contribution is -0.118. The normalized spacial score (nSPS) is 54.3. The molecule has 122 valence electrons. The molecule has 0 heterocycles. The minimum absolute atomic E-state index is 0.105. The lowest BCUT2D eigenvalue weighted by atomic mass is 9.46. The second-order valence-corrected chi connectivity index (χ2v) is 9.16. The topological polar surface area (TPSA) is 37.3 Å². The smallest absolute Gasteiger partial charge is 0.155 e. The Morgan fingerprint density at radius 3 is 2.73 bits per heavy atom. The van der Waals surface area contributed by atoms with Gasteiger partial charge in [-0.3, -0.25) is 4.79 Å². The molecule has 0 aromatic heterocycles. The molecule has 0 saturated heterocycles. The fourth-order valence-electron chi connectivity index (χ4n) is 7.07. The van der Waals surface area contributed by atoms with Gasteiger partial charge in [-0.2, -0.15) is 0 Å². The third-order valence-electron chi connectivity index (χ3n) is 8.23. The third-order valence-corrected chi connectivity index (χ3v) is 8.23. The van der Waals surface area contributed by atoms with E-state index in [2.05, 4.69) is 20.8 Å². The van der Waals surface area contributed by atoms with Crippen LogP contribution in [0.2, 0.25) is 0 Å². The number of ketones is 1. The summed E-state index contributed by atoms with van der Waals surface area (Å²) >= 11 is 0. The highest BCUT2D eigenvalue weighted by Gasteiger charge is 2.60. The molecule has 2 heteroatoms. The molecule has 2 nitrogen and oxygen atoms in total. The molecule has 7 atom stereocenters. The zero-order chi connectivity index (χ0) is 15.7. The number of carbonyl (C=O) groups is 1. The molecule has 0 aromatic carbocycles. The second kappa shape index (κ2) is 4.69. The first-order chi connectivity index (χ1) is 10.4. The van der Waals surface area contributed by atoms with Gasteiger partial charge in [-0.25, -0.2) is 0 Å². The van der Waals surface area contributed by atoms with Crippen molar-refractivity contribution in [2.45, 2.75) is 71.8 Å². The lowest BCUT2D eigenvalue weighted by Gasteiger charge is -2.58. The highest BCUT2D eigenvalue weighted by atomic mass is 16.3. The van der Waals surface area contributed by atoms with E-state index in [1.165, 1.54) is 24.8 Å². The van der Waals surface area contributed by atoms with E-state index in [4.69, 9.17) is 0 Å². The number of rotatable bonds is 0. The van der Waals surface area contributed by atoms with Crippen molar-refractivity contribution in [2.75, 3.05) is 0 Å². The van der Waals surface area contributed by atoms with Gasteiger partial charge in [0.2, 0.25) is 0 Å². The van der Waals surface area contributed by atoms with Gasteiger partial charge in [-0.05, 0) is 79.1 Å². The predicted molar refractivity (Wildman–Crippen MR) is 87.3 cm³/mol. The van der Waals surface area contributed by atoms with Gasteiger partial charge in [0.25, 0.3) is 0 Å². The third kappa shape index (κ3) is 1.79.